The summed E-state index contributed by atoms with van der Waals surface area (Å²) in [5.41, 5.74) is 3.89. The van der Waals surface area contributed by atoms with E-state index in [-0.39, 0.29) is 5.91 Å². The van der Waals surface area contributed by atoms with Gasteiger partial charge < -0.3 is 5.32 Å². The first-order valence-corrected chi connectivity index (χ1v) is 9.81. The van der Waals surface area contributed by atoms with Crippen molar-refractivity contribution < 1.29 is 4.79 Å². The van der Waals surface area contributed by atoms with Gasteiger partial charge in [-0.05, 0) is 37.1 Å². The molecule has 0 aliphatic carbocycles. The van der Waals surface area contributed by atoms with Crippen molar-refractivity contribution >= 4 is 29.1 Å². The van der Waals surface area contributed by atoms with Crippen LogP contribution in [0, 0.1) is 0 Å². The van der Waals surface area contributed by atoms with E-state index in [4.69, 9.17) is 4.99 Å². The van der Waals surface area contributed by atoms with Gasteiger partial charge in [0.15, 0.2) is 0 Å². The normalized spacial score (nSPS) is 12.6. The summed E-state index contributed by atoms with van der Waals surface area (Å²) in [6.45, 7) is 5.01. The number of hydrogen-bond donors (Lipinski definition) is 1. The van der Waals surface area contributed by atoms with Crippen LogP contribution in [0.2, 0.25) is 0 Å². The van der Waals surface area contributed by atoms with E-state index in [1.807, 2.05) is 18.2 Å². The van der Waals surface area contributed by atoms with Gasteiger partial charge in [0.25, 0.3) is 5.91 Å². The van der Waals surface area contributed by atoms with Crippen LogP contribution in [0.3, 0.4) is 0 Å². The average molecular weight is 353 g/mol. The summed E-state index contributed by atoms with van der Waals surface area (Å²) < 4.78 is 0. The Morgan fingerprint density at radius 2 is 1.92 bits per heavy atom. The van der Waals surface area contributed by atoms with Gasteiger partial charge in [0.1, 0.15) is 0 Å². The summed E-state index contributed by atoms with van der Waals surface area (Å²) in [5, 5.41) is 2.98. The predicted molar refractivity (Wildman–Crippen MR) is 105 cm³/mol. The molecule has 3 rings (SSSR count). The van der Waals surface area contributed by atoms with Gasteiger partial charge in [0, 0.05) is 33.2 Å². The van der Waals surface area contributed by atoms with Crippen molar-refractivity contribution in [1.29, 1.82) is 0 Å². The molecule has 0 aromatic heterocycles. The molecule has 0 radical (unpaired) electrons. The highest BCUT2D eigenvalue weighted by atomic mass is 32.2. The number of nitrogens with zero attached hydrogens (tertiary/aromatic N) is 1. The molecule has 4 heteroatoms. The SMILES string of the molecule is CCCCNC(=O)c1ccc2c(c1)N=C(CCC)c1ccccc1S2. The van der Waals surface area contributed by atoms with Crippen LogP contribution in [0.1, 0.15) is 55.5 Å². The second kappa shape index (κ2) is 8.34. The van der Waals surface area contributed by atoms with Crippen LogP contribution in [0.4, 0.5) is 5.69 Å². The molecule has 0 fully saturated rings. The highest BCUT2D eigenvalue weighted by Crippen LogP contribution is 2.41. The van der Waals surface area contributed by atoms with Crippen LogP contribution in [0.15, 0.2) is 57.2 Å². The summed E-state index contributed by atoms with van der Waals surface area (Å²) in [4.78, 5) is 19.6. The summed E-state index contributed by atoms with van der Waals surface area (Å²) >= 11 is 1.73. The minimum atomic E-state index is -0.0183. The van der Waals surface area contributed by atoms with Gasteiger partial charge in [0.2, 0.25) is 0 Å². The van der Waals surface area contributed by atoms with Gasteiger partial charge >= 0.3 is 0 Å². The predicted octanol–water partition coefficient (Wildman–Crippen LogP) is 5.60. The zero-order chi connectivity index (χ0) is 17.6. The Kier molecular flexibility index (Phi) is 5.92. The topological polar surface area (TPSA) is 41.5 Å². The van der Waals surface area contributed by atoms with Crippen molar-refractivity contribution in [2.45, 2.75) is 49.3 Å². The quantitative estimate of drug-likeness (QED) is 0.687. The minimum absolute atomic E-state index is 0.0183. The Balaban J connectivity index is 1.95. The van der Waals surface area contributed by atoms with Crippen molar-refractivity contribution in [1.82, 2.24) is 5.32 Å². The molecule has 0 spiro atoms. The van der Waals surface area contributed by atoms with Crippen LogP contribution in [-0.4, -0.2) is 18.2 Å². The van der Waals surface area contributed by atoms with Gasteiger partial charge in [-0.2, -0.15) is 0 Å². The summed E-state index contributed by atoms with van der Waals surface area (Å²) in [5.74, 6) is -0.0183. The minimum Gasteiger partial charge on any atom is -0.352 e. The molecule has 0 unspecified atom stereocenters. The molecule has 1 aliphatic rings. The molecular weight excluding hydrogens is 328 g/mol. The molecule has 2 aromatic carbocycles. The number of carbonyl (C=O) groups excluding carboxylic acids is 1. The molecule has 25 heavy (non-hydrogen) atoms. The third-order valence-electron chi connectivity index (χ3n) is 4.20. The lowest BCUT2D eigenvalue weighted by atomic mass is 10.1. The number of aliphatic imine (C=N–C) groups is 1. The molecule has 1 amide bonds. The Morgan fingerprint density at radius 1 is 1.08 bits per heavy atom. The van der Waals surface area contributed by atoms with Crippen LogP contribution in [0.25, 0.3) is 0 Å². The van der Waals surface area contributed by atoms with Crippen molar-refractivity contribution in [3.8, 4) is 0 Å². The third-order valence-corrected chi connectivity index (χ3v) is 5.34. The lowest BCUT2D eigenvalue weighted by Gasteiger charge is -2.08. The van der Waals surface area contributed by atoms with Crippen LogP contribution in [0.5, 0.6) is 0 Å². The molecule has 0 saturated carbocycles. The number of benzene rings is 2. The fourth-order valence-corrected chi connectivity index (χ4v) is 3.88. The third kappa shape index (κ3) is 4.13. The van der Waals surface area contributed by atoms with Crippen molar-refractivity contribution in [3.63, 3.8) is 0 Å². The second-order valence-corrected chi connectivity index (χ2v) is 7.28. The highest BCUT2D eigenvalue weighted by Gasteiger charge is 2.18. The zero-order valence-electron chi connectivity index (χ0n) is 14.8. The largest absolute Gasteiger partial charge is 0.352 e. The molecule has 0 bridgehead atoms. The number of fused-ring (bicyclic) bond motifs is 2. The lowest BCUT2D eigenvalue weighted by Crippen LogP contribution is -2.24. The second-order valence-electron chi connectivity index (χ2n) is 6.20. The molecule has 1 N–H and O–H groups in total. The van der Waals surface area contributed by atoms with E-state index in [1.165, 1.54) is 10.5 Å². The van der Waals surface area contributed by atoms with E-state index in [1.54, 1.807) is 11.8 Å². The number of unbranched alkanes of at least 4 members (excludes halogenated alkanes) is 1. The van der Waals surface area contributed by atoms with Crippen LogP contribution in [-0.2, 0) is 0 Å². The molecular formula is C21H24N2OS. The highest BCUT2D eigenvalue weighted by molar-refractivity contribution is 7.99. The van der Waals surface area contributed by atoms with E-state index in [2.05, 4.69) is 43.4 Å². The van der Waals surface area contributed by atoms with Gasteiger partial charge in [0.05, 0.1) is 5.69 Å². The zero-order valence-corrected chi connectivity index (χ0v) is 15.7. The van der Waals surface area contributed by atoms with Crippen molar-refractivity contribution in [3.05, 3.63) is 53.6 Å². The standard InChI is InChI=1S/C21H24N2OS/c1-3-5-13-22-21(24)15-11-12-20-18(14-15)23-17(8-4-2)16-9-6-7-10-19(16)25-20/h6-7,9-12,14H,3-5,8,13H2,1-2H3,(H,22,24). The maximum absolute atomic E-state index is 12.4. The summed E-state index contributed by atoms with van der Waals surface area (Å²) in [6, 6.07) is 14.3. The Bertz CT molecular complexity index is 798. The van der Waals surface area contributed by atoms with E-state index >= 15 is 0 Å². The van der Waals surface area contributed by atoms with Gasteiger partial charge in [-0.25, -0.2) is 0 Å². The maximum atomic E-state index is 12.4. The maximum Gasteiger partial charge on any atom is 0.251 e. The van der Waals surface area contributed by atoms with E-state index in [9.17, 15) is 4.79 Å². The van der Waals surface area contributed by atoms with E-state index in [0.29, 0.717) is 5.56 Å². The number of rotatable bonds is 6. The van der Waals surface area contributed by atoms with Gasteiger partial charge in [-0.1, -0.05) is 56.7 Å². The number of carbonyl (C=O) groups is 1. The van der Waals surface area contributed by atoms with Crippen molar-refractivity contribution in [2.24, 2.45) is 4.99 Å². The fourth-order valence-electron chi connectivity index (χ4n) is 2.86. The number of hydrogen-bond acceptors (Lipinski definition) is 3. The molecule has 3 nitrogen and oxygen atoms in total. The first-order chi connectivity index (χ1) is 12.2. The Labute approximate surface area is 153 Å². The van der Waals surface area contributed by atoms with Gasteiger partial charge in [-0.15, -0.1) is 0 Å². The average Bonchev–Trinajstić information content (AvgIpc) is 2.78. The van der Waals surface area contributed by atoms with E-state index in [0.717, 1.165) is 48.5 Å². The summed E-state index contributed by atoms with van der Waals surface area (Å²) in [7, 11) is 0. The van der Waals surface area contributed by atoms with Crippen LogP contribution < -0.4 is 5.32 Å². The first kappa shape index (κ1) is 17.7. The molecule has 0 atom stereocenters. The van der Waals surface area contributed by atoms with Gasteiger partial charge in [-0.3, -0.25) is 9.79 Å². The lowest BCUT2D eigenvalue weighted by molar-refractivity contribution is 0.0953. The molecule has 0 saturated heterocycles. The van der Waals surface area contributed by atoms with E-state index < -0.39 is 0 Å². The molecule has 1 aliphatic heterocycles. The number of amides is 1. The monoisotopic (exact) mass is 352 g/mol. The first-order valence-electron chi connectivity index (χ1n) is 9.00. The Hall–Kier alpha value is -2.07. The molecule has 130 valence electrons. The summed E-state index contributed by atoms with van der Waals surface area (Å²) in [6.07, 6.45) is 4.05. The smallest absolute Gasteiger partial charge is 0.251 e. The number of nitrogens with one attached hydrogen (secondary N) is 1. The Morgan fingerprint density at radius 3 is 2.72 bits per heavy atom. The van der Waals surface area contributed by atoms with Crippen molar-refractivity contribution in [2.75, 3.05) is 6.54 Å². The van der Waals surface area contributed by atoms with Crippen LogP contribution >= 0.6 is 11.8 Å². The molecule has 1 heterocycles. The molecule has 2 aromatic rings. The fraction of sp³-hybridized carbons (Fsp3) is 0.333.